The minimum atomic E-state index is -0.0316. The Labute approximate surface area is 230 Å². The summed E-state index contributed by atoms with van der Waals surface area (Å²) < 4.78 is 6.61. The molecule has 38 heavy (non-hydrogen) atoms. The number of ether oxygens (including phenoxy) is 1. The summed E-state index contributed by atoms with van der Waals surface area (Å²) in [4.78, 5) is 29.6. The number of nitrogens with zero attached hydrogens (tertiary/aromatic N) is 4. The van der Waals surface area contributed by atoms with Crippen LogP contribution in [0, 0.1) is 13.8 Å². The fraction of sp³-hybridized carbons (Fsp3) is 0.300. The third-order valence-electron chi connectivity index (χ3n) is 7.15. The SMILES string of the molecule is Cc1cc2nc(N(CCCN3CCOCC3)C(=O)c3cc(-c4cccs4)nc4ccccc34)sc2cc1C. The first-order valence-electron chi connectivity index (χ1n) is 13.0. The van der Waals surface area contributed by atoms with Crippen molar-refractivity contribution in [1.29, 1.82) is 0 Å². The molecule has 6 rings (SSSR count). The molecule has 8 heteroatoms. The molecule has 2 aromatic carbocycles. The van der Waals surface area contributed by atoms with Crippen LogP contribution in [0.4, 0.5) is 5.13 Å². The Kier molecular flexibility index (Phi) is 7.21. The number of anilines is 1. The predicted octanol–water partition coefficient (Wildman–Crippen LogP) is 6.56. The van der Waals surface area contributed by atoms with Crippen LogP contribution in [0.15, 0.2) is 60.0 Å². The van der Waals surface area contributed by atoms with Crippen molar-refractivity contribution >= 4 is 54.8 Å². The second-order valence-corrected chi connectivity index (χ2v) is 11.7. The normalized spacial score (nSPS) is 14.4. The summed E-state index contributed by atoms with van der Waals surface area (Å²) in [7, 11) is 0. The largest absolute Gasteiger partial charge is 0.379 e. The van der Waals surface area contributed by atoms with Gasteiger partial charge in [0.1, 0.15) is 0 Å². The van der Waals surface area contributed by atoms with Gasteiger partial charge in [0.05, 0.1) is 45.1 Å². The van der Waals surface area contributed by atoms with Crippen molar-refractivity contribution in [1.82, 2.24) is 14.9 Å². The Morgan fingerprint density at radius 1 is 1.00 bits per heavy atom. The Hall–Kier alpha value is -3.17. The molecule has 1 aliphatic heterocycles. The summed E-state index contributed by atoms with van der Waals surface area (Å²) in [5.41, 5.74) is 5.70. The van der Waals surface area contributed by atoms with E-state index in [9.17, 15) is 4.79 Å². The maximum absolute atomic E-state index is 14.4. The zero-order valence-corrected chi connectivity index (χ0v) is 23.3. The van der Waals surface area contributed by atoms with Crippen molar-refractivity contribution in [3.8, 4) is 10.6 Å². The molecule has 0 saturated carbocycles. The lowest BCUT2D eigenvalue weighted by atomic mass is 10.1. The molecule has 4 heterocycles. The van der Waals surface area contributed by atoms with E-state index in [1.165, 1.54) is 11.1 Å². The number of carbonyl (C=O) groups excluding carboxylic acids is 1. The molecule has 0 radical (unpaired) electrons. The molecule has 194 valence electrons. The summed E-state index contributed by atoms with van der Waals surface area (Å²) in [6, 6.07) is 18.2. The van der Waals surface area contributed by atoms with E-state index in [2.05, 4.69) is 30.9 Å². The van der Waals surface area contributed by atoms with E-state index >= 15 is 0 Å². The van der Waals surface area contributed by atoms with E-state index in [1.807, 2.05) is 52.7 Å². The quantitative estimate of drug-likeness (QED) is 0.233. The second-order valence-electron chi connectivity index (χ2n) is 9.71. The van der Waals surface area contributed by atoms with Crippen molar-refractivity contribution in [3.63, 3.8) is 0 Å². The number of morpholine rings is 1. The van der Waals surface area contributed by atoms with Crippen LogP contribution in [0.1, 0.15) is 27.9 Å². The molecule has 0 unspecified atom stereocenters. The average Bonchev–Trinajstić information content (AvgIpc) is 3.62. The lowest BCUT2D eigenvalue weighted by molar-refractivity contribution is 0.0376. The molecule has 0 atom stereocenters. The first-order chi connectivity index (χ1) is 18.6. The van der Waals surface area contributed by atoms with Crippen LogP contribution in [-0.4, -0.2) is 60.2 Å². The zero-order chi connectivity index (χ0) is 26.1. The number of amides is 1. The van der Waals surface area contributed by atoms with E-state index in [0.717, 1.165) is 76.1 Å². The summed E-state index contributed by atoms with van der Waals surface area (Å²) in [6.07, 6.45) is 0.862. The van der Waals surface area contributed by atoms with Crippen molar-refractivity contribution in [2.24, 2.45) is 0 Å². The van der Waals surface area contributed by atoms with Crippen LogP contribution in [0.3, 0.4) is 0 Å². The highest BCUT2D eigenvalue weighted by Gasteiger charge is 2.25. The molecule has 3 aromatic heterocycles. The smallest absolute Gasteiger partial charge is 0.260 e. The van der Waals surface area contributed by atoms with E-state index in [1.54, 1.807) is 22.7 Å². The molecule has 0 spiro atoms. The molecule has 0 bridgehead atoms. The fourth-order valence-corrected chi connectivity index (χ4v) is 6.65. The predicted molar refractivity (Wildman–Crippen MR) is 158 cm³/mol. The summed E-state index contributed by atoms with van der Waals surface area (Å²) >= 11 is 3.22. The zero-order valence-electron chi connectivity index (χ0n) is 21.6. The van der Waals surface area contributed by atoms with E-state index in [-0.39, 0.29) is 5.91 Å². The number of fused-ring (bicyclic) bond motifs is 2. The van der Waals surface area contributed by atoms with Crippen LogP contribution in [0.5, 0.6) is 0 Å². The van der Waals surface area contributed by atoms with Gasteiger partial charge in [-0.05, 0) is 67.1 Å². The molecule has 1 amide bonds. The fourth-order valence-electron chi connectivity index (χ4n) is 4.89. The minimum absolute atomic E-state index is 0.0316. The molecule has 0 N–H and O–H groups in total. The maximum atomic E-state index is 14.4. The van der Waals surface area contributed by atoms with Crippen LogP contribution in [0.2, 0.25) is 0 Å². The van der Waals surface area contributed by atoms with Gasteiger partial charge in [0, 0.05) is 31.6 Å². The molecule has 0 aliphatic carbocycles. The Morgan fingerprint density at radius 2 is 1.82 bits per heavy atom. The standard InChI is InChI=1S/C30H30N4O2S2/c1-20-17-25-28(18-21(20)2)38-30(32-25)34(11-6-10-33-12-14-36-15-13-33)29(35)23-19-26(27-9-5-16-37-27)31-24-8-4-3-7-22(23)24/h3-5,7-9,16-19H,6,10-15H2,1-2H3. The molecular weight excluding hydrogens is 512 g/mol. The molecular formula is C30H30N4O2S2. The van der Waals surface area contributed by atoms with E-state index in [0.29, 0.717) is 12.1 Å². The number of hydrogen-bond donors (Lipinski definition) is 0. The number of aromatic nitrogens is 2. The number of para-hydroxylation sites is 1. The molecule has 1 fully saturated rings. The monoisotopic (exact) mass is 542 g/mol. The van der Waals surface area contributed by atoms with Crippen LogP contribution >= 0.6 is 22.7 Å². The van der Waals surface area contributed by atoms with Crippen molar-refractivity contribution in [2.75, 3.05) is 44.3 Å². The maximum Gasteiger partial charge on any atom is 0.260 e. The number of carbonyl (C=O) groups is 1. The lowest BCUT2D eigenvalue weighted by Gasteiger charge is -2.28. The summed E-state index contributed by atoms with van der Waals surface area (Å²) in [5, 5.41) is 3.65. The highest BCUT2D eigenvalue weighted by Crippen LogP contribution is 2.34. The lowest BCUT2D eigenvalue weighted by Crippen LogP contribution is -2.39. The van der Waals surface area contributed by atoms with Crippen molar-refractivity contribution in [3.05, 3.63) is 76.7 Å². The van der Waals surface area contributed by atoms with Gasteiger partial charge < -0.3 is 4.74 Å². The number of pyridine rings is 1. The Balaban J connectivity index is 1.40. The van der Waals surface area contributed by atoms with Gasteiger partial charge in [0.15, 0.2) is 5.13 Å². The van der Waals surface area contributed by atoms with Gasteiger partial charge in [-0.15, -0.1) is 11.3 Å². The van der Waals surface area contributed by atoms with Crippen LogP contribution < -0.4 is 4.90 Å². The average molecular weight is 543 g/mol. The van der Waals surface area contributed by atoms with Crippen molar-refractivity contribution in [2.45, 2.75) is 20.3 Å². The van der Waals surface area contributed by atoms with Gasteiger partial charge in [0.25, 0.3) is 5.91 Å². The number of thiazole rings is 1. The first kappa shape index (κ1) is 25.1. The number of thiophene rings is 1. The highest BCUT2D eigenvalue weighted by molar-refractivity contribution is 7.22. The Morgan fingerprint density at radius 3 is 2.63 bits per heavy atom. The second kappa shape index (κ2) is 10.9. The van der Waals surface area contributed by atoms with E-state index < -0.39 is 0 Å². The summed E-state index contributed by atoms with van der Waals surface area (Å²) in [6.45, 7) is 9.16. The number of benzene rings is 2. The third-order valence-corrected chi connectivity index (χ3v) is 9.08. The number of hydrogen-bond acceptors (Lipinski definition) is 7. The number of aryl methyl sites for hydroxylation is 2. The molecule has 1 aliphatic rings. The minimum Gasteiger partial charge on any atom is -0.379 e. The Bertz CT molecular complexity index is 1550. The van der Waals surface area contributed by atoms with Gasteiger partial charge >= 0.3 is 0 Å². The molecule has 5 aromatic rings. The van der Waals surface area contributed by atoms with Crippen LogP contribution in [0.25, 0.3) is 31.7 Å². The first-order valence-corrected chi connectivity index (χ1v) is 14.7. The molecule has 1 saturated heterocycles. The summed E-state index contributed by atoms with van der Waals surface area (Å²) in [5.74, 6) is -0.0316. The van der Waals surface area contributed by atoms with Gasteiger partial charge in [-0.3, -0.25) is 14.6 Å². The highest BCUT2D eigenvalue weighted by atomic mass is 32.1. The van der Waals surface area contributed by atoms with Gasteiger partial charge in [-0.25, -0.2) is 9.97 Å². The van der Waals surface area contributed by atoms with Crippen molar-refractivity contribution < 1.29 is 9.53 Å². The number of rotatable bonds is 7. The molecule has 6 nitrogen and oxygen atoms in total. The third kappa shape index (κ3) is 5.09. The van der Waals surface area contributed by atoms with Gasteiger partial charge in [0.2, 0.25) is 0 Å². The van der Waals surface area contributed by atoms with Gasteiger partial charge in [-0.1, -0.05) is 35.6 Å². The van der Waals surface area contributed by atoms with E-state index in [4.69, 9.17) is 14.7 Å². The van der Waals surface area contributed by atoms with Gasteiger partial charge in [-0.2, -0.15) is 0 Å². The topological polar surface area (TPSA) is 58.6 Å². The van der Waals surface area contributed by atoms with Crippen LogP contribution in [-0.2, 0) is 4.74 Å².